The Balaban J connectivity index is 2.17. The number of halogens is 4. The van der Waals surface area contributed by atoms with E-state index in [0.717, 1.165) is 5.56 Å². The van der Waals surface area contributed by atoms with Crippen molar-refractivity contribution in [2.75, 3.05) is 0 Å². The van der Waals surface area contributed by atoms with E-state index in [9.17, 15) is 9.50 Å². The second kappa shape index (κ2) is 6.10. The van der Waals surface area contributed by atoms with Crippen LogP contribution in [0.2, 0.25) is 15.1 Å². The van der Waals surface area contributed by atoms with Crippen molar-refractivity contribution in [2.45, 2.75) is 12.5 Å². The van der Waals surface area contributed by atoms with Gasteiger partial charge in [0.1, 0.15) is 5.82 Å². The van der Waals surface area contributed by atoms with Gasteiger partial charge in [-0.15, -0.1) is 0 Å². The third-order valence-electron chi connectivity index (χ3n) is 2.74. The van der Waals surface area contributed by atoms with E-state index < -0.39 is 11.9 Å². The molecule has 0 aliphatic rings. The Hall–Kier alpha value is -0.800. The Labute approximate surface area is 125 Å². The molecule has 0 saturated heterocycles. The van der Waals surface area contributed by atoms with Gasteiger partial charge < -0.3 is 5.11 Å². The van der Waals surface area contributed by atoms with E-state index >= 15 is 0 Å². The zero-order chi connectivity index (χ0) is 14.0. The lowest BCUT2D eigenvalue weighted by molar-refractivity contribution is 0.178. The van der Waals surface area contributed by atoms with E-state index in [1.807, 2.05) is 0 Å². The van der Waals surface area contributed by atoms with Crippen LogP contribution < -0.4 is 0 Å². The molecule has 0 spiro atoms. The predicted octanol–water partition coefficient (Wildman–Crippen LogP) is 5.06. The van der Waals surface area contributed by atoms with Crippen LogP contribution in [0.25, 0.3) is 0 Å². The number of aliphatic hydroxyl groups excluding tert-OH is 1. The molecular weight excluding hydrogens is 310 g/mol. The first-order valence-electron chi connectivity index (χ1n) is 5.54. The number of benzene rings is 2. The van der Waals surface area contributed by atoms with Gasteiger partial charge >= 0.3 is 0 Å². The van der Waals surface area contributed by atoms with Gasteiger partial charge in [-0.2, -0.15) is 0 Å². The maximum absolute atomic E-state index is 13.0. The largest absolute Gasteiger partial charge is 0.388 e. The van der Waals surface area contributed by atoms with Gasteiger partial charge in [0.25, 0.3) is 0 Å². The molecule has 2 rings (SSSR count). The van der Waals surface area contributed by atoms with Gasteiger partial charge in [0.15, 0.2) is 0 Å². The number of hydrogen-bond acceptors (Lipinski definition) is 1. The van der Waals surface area contributed by atoms with Gasteiger partial charge in [-0.25, -0.2) is 4.39 Å². The van der Waals surface area contributed by atoms with E-state index in [0.29, 0.717) is 22.0 Å². The second-order valence-electron chi connectivity index (χ2n) is 4.14. The summed E-state index contributed by atoms with van der Waals surface area (Å²) in [6.07, 6.45) is -0.436. The zero-order valence-electron chi connectivity index (χ0n) is 9.71. The maximum Gasteiger partial charge on any atom is 0.141 e. The Morgan fingerprint density at radius 3 is 2.32 bits per heavy atom. The van der Waals surface area contributed by atoms with Crippen molar-refractivity contribution < 1.29 is 9.50 Å². The third kappa shape index (κ3) is 3.61. The van der Waals surface area contributed by atoms with Crippen LogP contribution in [0.3, 0.4) is 0 Å². The van der Waals surface area contributed by atoms with E-state index in [1.165, 1.54) is 18.2 Å². The van der Waals surface area contributed by atoms with Crippen molar-refractivity contribution in [2.24, 2.45) is 0 Å². The summed E-state index contributed by atoms with van der Waals surface area (Å²) in [5.41, 5.74) is 1.39. The van der Waals surface area contributed by atoms with Gasteiger partial charge in [-0.05, 0) is 35.4 Å². The molecule has 0 saturated carbocycles. The van der Waals surface area contributed by atoms with E-state index in [2.05, 4.69) is 0 Å². The standard InChI is InChI=1S/C14H10Cl3FO/c15-10-3-1-8(5-11(10)16)6-14(19)9-2-4-13(18)12(17)7-9/h1-5,7,14,19H,6H2. The molecule has 0 aromatic heterocycles. The monoisotopic (exact) mass is 318 g/mol. The van der Waals surface area contributed by atoms with Crippen LogP contribution in [-0.4, -0.2) is 5.11 Å². The molecule has 0 heterocycles. The molecule has 0 radical (unpaired) electrons. The molecule has 19 heavy (non-hydrogen) atoms. The Kier molecular flexibility index (Phi) is 4.69. The molecule has 0 aliphatic carbocycles. The highest BCUT2D eigenvalue weighted by Gasteiger charge is 2.11. The average Bonchev–Trinajstić information content (AvgIpc) is 2.37. The van der Waals surface area contributed by atoms with Gasteiger partial charge in [-0.3, -0.25) is 0 Å². The molecule has 0 aliphatic heterocycles. The van der Waals surface area contributed by atoms with Crippen LogP contribution in [-0.2, 0) is 6.42 Å². The van der Waals surface area contributed by atoms with Crippen molar-refractivity contribution >= 4 is 34.8 Å². The van der Waals surface area contributed by atoms with Crippen LogP contribution in [0.4, 0.5) is 4.39 Å². The lowest BCUT2D eigenvalue weighted by Crippen LogP contribution is -2.02. The second-order valence-corrected chi connectivity index (χ2v) is 5.36. The Morgan fingerprint density at radius 1 is 0.947 bits per heavy atom. The Bertz CT molecular complexity index is 601. The van der Waals surface area contributed by atoms with Crippen molar-refractivity contribution in [3.05, 3.63) is 68.4 Å². The number of hydrogen-bond donors (Lipinski definition) is 1. The first-order chi connectivity index (χ1) is 8.97. The summed E-state index contributed by atoms with van der Waals surface area (Å²) in [7, 11) is 0. The van der Waals surface area contributed by atoms with Crippen LogP contribution in [0.15, 0.2) is 36.4 Å². The first kappa shape index (κ1) is 14.6. The number of aliphatic hydroxyl groups is 1. The average molecular weight is 320 g/mol. The lowest BCUT2D eigenvalue weighted by Gasteiger charge is -2.12. The minimum absolute atomic E-state index is 0.00862. The molecule has 0 fully saturated rings. The maximum atomic E-state index is 13.0. The smallest absolute Gasteiger partial charge is 0.141 e. The highest BCUT2D eigenvalue weighted by molar-refractivity contribution is 6.42. The van der Waals surface area contributed by atoms with Crippen LogP contribution in [0, 0.1) is 5.82 Å². The minimum Gasteiger partial charge on any atom is -0.388 e. The van der Waals surface area contributed by atoms with E-state index in [-0.39, 0.29) is 5.02 Å². The first-order valence-corrected chi connectivity index (χ1v) is 6.67. The molecule has 1 atom stereocenters. The highest BCUT2D eigenvalue weighted by atomic mass is 35.5. The summed E-state index contributed by atoms with van der Waals surface area (Å²) in [6.45, 7) is 0. The van der Waals surface area contributed by atoms with Crippen molar-refractivity contribution in [1.82, 2.24) is 0 Å². The van der Waals surface area contributed by atoms with Gasteiger partial charge in [0, 0.05) is 6.42 Å². The fourth-order valence-corrected chi connectivity index (χ4v) is 2.24. The summed E-state index contributed by atoms with van der Waals surface area (Å²) < 4.78 is 13.0. The third-order valence-corrected chi connectivity index (χ3v) is 3.77. The lowest BCUT2D eigenvalue weighted by atomic mass is 10.0. The summed E-state index contributed by atoms with van der Waals surface area (Å²) in [4.78, 5) is 0. The van der Waals surface area contributed by atoms with E-state index in [4.69, 9.17) is 34.8 Å². The molecule has 1 N–H and O–H groups in total. The molecule has 0 bridgehead atoms. The van der Waals surface area contributed by atoms with Crippen molar-refractivity contribution in [1.29, 1.82) is 0 Å². The van der Waals surface area contributed by atoms with Crippen molar-refractivity contribution in [3.63, 3.8) is 0 Å². The summed E-state index contributed by atoms with van der Waals surface area (Å²) in [5.74, 6) is -0.507. The fraction of sp³-hybridized carbons (Fsp3) is 0.143. The topological polar surface area (TPSA) is 20.2 Å². The van der Waals surface area contributed by atoms with Gasteiger partial charge in [0.05, 0.1) is 21.2 Å². The van der Waals surface area contributed by atoms with E-state index in [1.54, 1.807) is 18.2 Å². The normalized spacial score (nSPS) is 12.5. The fourth-order valence-electron chi connectivity index (χ4n) is 1.73. The summed E-state index contributed by atoms with van der Waals surface area (Å²) in [5, 5.41) is 11.0. The highest BCUT2D eigenvalue weighted by Crippen LogP contribution is 2.27. The van der Waals surface area contributed by atoms with Gasteiger partial charge in [-0.1, -0.05) is 46.9 Å². The molecule has 1 nitrogen and oxygen atoms in total. The van der Waals surface area contributed by atoms with Gasteiger partial charge in [0.2, 0.25) is 0 Å². The van der Waals surface area contributed by atoms with Crippen LogP contribution >= 0.6 is 34.8 Å². The molecule has 2 aromatic rings. The van der Waals surface area contributed by atoms with Crippen molar-refractivity contribution in [3.8, 4) is 0 Å². The summed E-state index contributed by atoms with van der Waals surface area (Å²) in [6, 6.07) is 9.29. The predicted molar refractivity (Wildman–Crippen MR) is 76.5 cm³/mol. The molecule has 0 amide bonds. The zero-order valence-corrected chi connectivity index (χ0v) is 12.0. The quantitative estimate of drug-likeness (QED) is 0.838. The molecule has 1 unspecified atom stereocenters. The SMILES string of the molecule is OC(Cc1ccc(Cl)c(Cl)c1)c1ccc(F)c(Cl)c1. The molecule has 100 valence electrons. The molecular formula is C14H10Cl3FO. The van der Waals surface area contributed by atoms with Crippen LogP contribution in [0.5, 0.6) is 0 Å². The summed E-state index contributed by atoms with van der Waals surface area (Å²) >= 11 is 17.4. The van der Waals surface area contributed by atoms with Crippen LogP contribution in [0.1, 0.15) is 17.2 Å². The number of rotatable bonds is 3. The Morgan fingerprint density at radius 2 is 1.68 bits per heavy atom. The minimum atomic E-state index is -0.782. The molecule has 2 aromatic carbocycles. The molecule has 5 heteroatoms.